The number of aromatic nitrogens is 1. The van der Waals surface area contributed by atoms with Gasteiger partial charge in [0.25, 0.3) is 0 Å². The van der Waals surface area contributed by atoms with E-state index in [-0.39, 0.29) is 0 Å². The van der Waals surface area contributed by atoms with E-state index in [9.17, 15) is 0 Å². The summed E-state index contributed by atoms with van der Waals surface area (Å²) in [4.78, 5) is 4.41. The van der Waals surface area contributed by atoms with Gasteiger partial charge in [-0.15, -0.1) is 11.8 Å². The molecule has 0 bridgehead atoms. The monoisotopic (exact) mass is 286 g/mol. The van der Waals surface area contributed by atoms with Gasteiger partial charge in [0.2, 0.25) is 0 Å². The van der Waals surface area contributed by atoms with Gasteiger partial charge >= 0.3 is 0 Å². The van der Waals surface area contributed by atoms with Crippen molar-refractivity contribution < 1.29 is 0 Å². The minimum Gasteiger partial charge on any atom is -0.313 e. The van der Waals surface area contributed by atoms with E-state index in [1.165, 1.54) is 25.8 Å². The highest BCUT2D eigenvalue weighted by Gasteiger charge is 2.12. The van der Waals surface area contributed by atoms with E-state index in [4.69, 9.17) is 0 Å². The zero-order valence-corrected chi connectivity index (χ0v) is 11.0. The van der Waals surface area contributed by atoms with E-state index < -0.39 is 0 Å². The van der Waals surface area contributed by atoms with E-state index in [1.807, 2.05) is 23.9 Å². The van der Waals surface area contributed by atoms with Gasteiger partial charge in [0.1, 0.15) is 4.60 Å². The summed E-state index contributed by atoms with van der Waals surface area (Å²) < 4.78 is 0.920. The topological polar surface area (TPSA) is 24.9 Å². The van der Waals surface area contributed by atoms with E-state index in [0.29, 0.717) is 6.04 Å². The molecule has 4 heteroatoms. The molecule has 1 N–H and O–H groups in total. The van der Waals surface area contributed by atoms with E-state index in [1.54, 1.807) is 0 Å². The first kappa shape index (κ1) is 11.4. The molecule has 1 fully saturated rings. The third-order valence-electron chi connectivity index (χ3n) is 2.53. The predicted octanol–water partition coefficient (Wildman–Crippen LogP) is 3.08. The Bertz CT molecular complexity index is 313. The number of thioether (sulfide) groups is 1. The van der Waals surface area contributed by atoms with Crippen LogP contribution >= 0.6 is 27.7 Å². The van der Waals surface area contributed by atoms with Gasteiger partial charge in [-0.25, -0.2) is 4.98 Å². The second-order valence-corrected chi connectivity index (χ2v) is 5.61. The zero-order valence-electron chi connectivity index (χ0n) is 8.58. The number of nitrogens with one attached hydrogen (secondary N) is 1. The van der Waals surface area contributed by atoms with Gasteiger partial charge in [0.15, 0.2) is 0 Å². The first-order valence-corrected chi connectivity index (χ1v) is 7.11. The van der Waals surface area contributed by atoms with Crippen LogP contribution in [0.1, 0.15) is 19.3 Å². The molecular weight excluding hydrogens is 272 g/mol. The van der Waals surface area contributed by atoms with Gasteiger partial charge in [0, 0.05) is 11.8 Å². The third kappa shape index (κ3) is 3.78. The predicted molar refractivity (Wildman–Crippen MR) is 68.3 cm³/mol. The molecule has 15 heavy (non-hydrogen) atoms. The maximum absolute atomic E-state index is 4.41. The van der Waals surface area contributed by atoms with Crippen LogP contribution in [0.3, 0.4) is 0 Å². The standard InChI is InChI=1S/C11H15BrN2S/c12-10-5-3-6-11(14-10)15-8-9-4-1-2-7-13-9/h3,5-6,9,13H,1-2,4,7-8H2. The molecule has 2 rings (SSSR count). The molecule has 0 saturated carbocycles. The SMILES string of the molecule is Brc1cccc(SCC2CCCCN2)n1. The summed E-state index contributed by atoms with van der Waals surface area (Å²) in [5, 5.41) is 4.65. The van der Waals surface area contributed by atoms with Crippen LogP contribution in [0.25, 0.3) is 0 Å². The molecule has 0 spiro atoms. The van der Waals surface area contributed by atoms with Crippen LogP contribution < -0.4 is 5.32 Å². The highest BCUT2D eigenvalue weighted by molar-refractivity contribution is 9.10. The normalized spacial score (nSPS) is 21.5. The number of halogens is 1. The van der Waals surface area contributed by atoms with Crippen LogP contribution in [-0.4, -0.2) is 23.3 Å². The fraction of sp³-hybridized carbons (Fsp3) is 0.545. The van der Waals surface area contributed by atoms with Crippen molar-refractivity contribution in [3.8, 4) is 0 Å². The van der Waals surface area contributed by atoms with Crippen molar-refractivity contribution in [1.29, 1.82) is 0 Å². The molecule has 1 unspecified atom stereocenters. The number of pyridine rings is 1. The third-order valence-corrected chi connectivity index (χ3v) is 4.07. The van der Waals surface area contributed by atoms with E-state index in [0.717, 1.165) is 15.4 Å². The lowest BCUT2D eigenvalue weighted by Gasteiger charge is -2.22. The van der Waals surface area contributed by atoms with Crippen molar-refractivity contribution >= 4 is 27.7 Å². The largest absolute Gasteiger partial charge is 0.313 e. The van der Waals surface area contributed by atoms with Gasteiger partial charge in [-0.2, -0.15) is 0 Å². The van der Waals surface area contributed by atoms with Crippen LogP contribution in [0.15, 0.2) is 27.8 Å². The Balaban J connectivity index is 1.81. The first-order chi connectivity index (χ1) is 7.34. The maximum atomic E-state index is 4.41. The van der Waals surface area contributed by atoms with Crippen molar-refractivity contribution in [2.45, 2.75) is 30.3 Å². The summed E-state index contributed by atoms with van der Waals surface area (Å²) >= 11 is 5.23. The van der Waals surface area contributed by atoms with Gasteiger partial charge in [-0.05, 0) is 47.4 Å². The minimum absolute atomic E-state index is 0.671. The Morgan fingerprint density at radius 2 is 2.40 bits per heavy atom. The fourth-order valence-electron chi connectivity index (χ4n) is 1.72. The minimum atomic E-state index is 0.671. The average molecular weight is 287 g/mol. The molecule has 1 aliphatic heterocycles. The molecular formula is C11H15BrN2S. The van der Waals surface area contributed by atoms with Gasteiger partial charge in [-0.3, -0.25) is 0 Å². The van der Waals surface area contributed by atoms with Gasteiger partial charge in [-0.1, -0.05) is 12.5 Å². The van der Waals surface area contributed by atoms with Crippen molar-refractivity contribution in [3.05, 3.63) is 22.8 Å². The molecule has 0 aromatic carbocycles. The average Bonchev–Trinajstić information content (AvgIpc) is 2.28. The second-order valence-electron chi connectivity index (χ2n) is 3.76. The lowest BCUT2D eigenvalue weighted by molar-refractivity contribution is 0.430. The van der Waals surface area contributed by atoms with Crippen LogP contribution in [0.2, 0.25) is 0 Å². The lowest BCUT2D eigenvalue weighted by Crippen LogP contribution is -2.35. The van der Waals surface area contributed by atoms with Crippen LogP contribution in [0.4, 0.5) is 0 Å². The van der Waals surface area contributed by atoms with Crippen molar-refractivity contribution in [1.82, 2.24) is 10.3 Å². The summed E-state index contributed by atoms with van der Waals surface area (Å²) in [6, 6.07) is 6.74. The summed E-state index contributed by atoms with van der Waals surface area (Å²) in [6.07, 6.45) is 4.00. The van der Waals surface area contributed by atoms with Gasteiger partial charge in [0.05, 0.1) is 5.03 Å². The first-order valence-electron chi connectivity index (χ1n) is 5.33. The lowest BCUT2D eigenvalue weighted by atomic mass is 10.1. The summed E-state index contributed by atoms with van der Waals surface area (Å²) in [6.45, 7) is 1.18. The highest BCUT2D eigenvalue weighted by atomic mass is 79.9. The summed E-state index contributed by atoms with van der Waals surface area (Å²) in [7, 11) is 0. The van der Waals surface area contributed by atoms with Crippen molar-refractivity contribution in [2.75, 3.05) is 12.3 Å². The Morgan fingerprint density at radius 3 is 3.13 bits per heavy atom. The number of nitrogens with zero attached hydrogens (tertiary/aromatic N) is 1. The Morgan fingerprint density at radius 1 is 1.47 bits per heavy atom. The quantitative estimate of drug-likeness (QED) is 0.683. The van der Waals surface area contributed by atoms with Crippen LogP contribution in [-0.2, 0) is 0 Å². The fourth-order valence-corrected chi connectivity index (χ4v) is 3.18. The van der Waals surface area contributed by atoms with Crippen LogP contribution in [0, 0.1) is 0 Å². The van der Waals surface area contributed by atoms with E-state index >= 15 is 0 Å². The molecule has 82 valence electrons. The van der Waals surface area contributed by atoms with Crippen molar-refractivity contribution in [3.63, 3.8) is 0 Å². The molecule has 2 heterocycles. The molecule has 2 nitrogen and oxygen atoms in total. The molecule has 1 aromatic heterocycles. The maximum Gasteiger partial charge on any atom is 0.107 e. The molecule has 0 aliphatic carbocycles. The Labute approximate surface area is 103 Å². The molecule has 1 aromatic rings. The van der Waals surface area contributed by atoms with Crippen LogP contribution in [0.5, 0.6) is 0 Å². The smallest absolute Gasteiger partial charge is 0.107 e. The zero-order chi connectivity index (χ0) is 10.5. The Kier molecular flexibility index (Phi) is 4.47. The summed E-state index contributed by atoms with van der Waals surface area (Å²) in [5.74, 6) is 1.13. The Hall–Kier alpha value is -0.0600. The van der Waals surface area contributed by atoms with Crippen molar-refractivity contribution in [2.24, 2.45) is 0 Å². The summed E-state index contributed by atoms with van der Waals surface area (Å²) in [5.41, 5.74) is 0. The number of hydrogen-bond acceptors (Lipinski definition) is 3. The molecule has 0 radical (unpaired) electrons. The number of rotatable bonds is 3. The van der Waals surface area contributed by atoms with Gasteiger partial charge < -0.3 is 5.32 Å². The molecule has 1 atom stereocenters. The second kappa shape index (κ2) is 5.87. The molecule has 1 aliphatic rings. The van der Waals surface area contributed by atoms with E-state index in [2.05, 4.69) is 32.3 Å². The molecule has 1 saturated heterocycles. The number of hydrogen-bond donors (Lipinski definition) is 1. The molecule has 0 amide bonds. The number of piperidine rings is 1. The highest BCUT2D eigenvalue weighted by Crippen LogP contribution is 2.20.